The highest BCUT2D eigenvalue weighted by Crippen LogP contribution is 2.43. The molecule has 0 unspecified atom stereocenters. The maximum Gasteiger partial charge on any atom is 0.139 e. The van der Waals surface area contributed by atoms with Crippen molar-refractivity contribution in [1.29, 1.82) is 0 Å². The van der Waals surface area contributed by atoms with Gasteiger partial charge < -0.3 is 9.47 Å². The summed E-state index contributed by atoms with van der Waals surface area (Å²) in [6, 6.07) is 28.9. The Morgan fingerprint density at radius 2 is 1.20 bits per heavy atom. The number of benzene rings is 4. The van der Waals surface area contributed by atoms with Gasteiger partial charge in [-0.05, 0) is 90.0 Å². The molecule has 0 aliphatic heterocycles. The van der Waals surface area contributed by atoms with Gasteiger partial charge in [-0.3, -0.25) is 0 Å². The molecule has 0 fully saturated rings. The molecule has 2 nitrogen and oxygen atoms in total. The van der Waals surface area contributed by atoms with Gasteiger partial charge in [-0.1, -0.05) is 108 Å². The fraction of sp³-hybridized carbons (Fsp3) is 0.282. The number of allylic oxidation sites excluding steroid dienone is 6. The fourth-order valence-electron chi connectivity index (χ4n) is 5.05. The first kappa shape index (κ1) is 29.9. The topological polar surface area (TPSA) is 18.5 Å². The lowest BCUT2D eigenvalue weighted by molar-refractivity contribution is 0.307. The zero-order valence-corrected chi connectivity index (χ0v) is 25.4. The highest BCUT2D eigenvalue weighted by molar-refractivity contribution is 5.96. The van der Waals surface area contributed by atoms with Crippen LogP contribution in [0.15, 0.2) is 120 Å². The van der Waals surface area contributed by atoms with Crippen molar-refractivity contribution in [3.05, 3.63) is 137 Å². The molecule has 0 N–H and O–H groups in total. The molecule has 0 heterocycles. The van der Waals surface area contributed by atoms with E-state index in [1.165, 1.54) is 22.3 Å². The van der Waals surface area contributed by atoms with E-state index >= 15 is 0 Å². The van der Waals surface area contributed by atoms with Gasteiger partial charge in [0.05, 0.1) is 0 Å². The van der Waals surface area contributed by atoms with E-state index in [0.717, 1.165) is 71.3 Å². The minimum absolute atomic E-state index is 0.526. The monoisotopic (exact) mass is 544 g/mol. The Bertz CT molecular complexity index is 1500. The van der Waals surface area contributed by atoms with Crippen LogP contribution in [0.1, 0.15) is 70.1 Å². The molecule has 4 aromatic carbocycles. The molecule has 41 heavy (non-hydrogen) atoms. The van der Waals surface area contributed by atoms with Crippen molar-refractivity contribution in [2.75, 3.05) is 0 Å². The Hall–Kier alpha value is -4.04. The van der Waals surface area contributed by atoms with Crippen LogP contribution in [0, 0.1) is 6.92 Å². The van der Waals surface area contributed by atoms with Gasteiger partial charge in [-0.2, -0.15) is 0 Å². The van der Waals surface area contributed by atoms with Gasteiger partial charge in [-0.15, -0.1) is 0 Å². The predicted octanol–water partition coefficient (Wildman–Crippen LogP) is 11.5. The quantitative estimate of drug-likeness (QED) is 0.156. The zero-order chi connectivity index (χ0) is 29.0. The van der Waals surface area contributed by atoms with E-state index in [-0.39, 0.29) is 0 Å². The minimum Gasteiger partial charge on any atom is -0.488 e. The van der Waals surface area contributed by atoms with Crippen LogP contribution in [0.3, 0.4) is 0 Å². The summed E-state index contributed by atoms with van der Waals surface area (Å²) in [7, 11) is 0. The lowest BCUT2D eigenvalue weighted by atomic mass is 9.95. The highest BCUT2D eigenvalue weighted by Gasteiger charge is 2.19. The summed E-state index contributed by atoms with van der Waals surface area (Å²) in [6.45, 7) is 11.5. The van der Waals surface area contributed by atoms with E-state index in [0.29, 0.717) is 6.61 Å². The van der Waals surface area contributed by atoms with Gasteiger partial charge in [0.25, 0.3) is 0 Å². The van der Waals surface area contributed by atoms with Crippen LogP contribution in [0.5, 0.6) is 17.2 Å². The van der Waals surface area contributed by atoms with Crippen molar-refractivity contribution < 1.29 is 9.47 Å². The predicted molar refractivity (Wildman–Crippen MR) is 175 cm³/mol. The maximum atomic E-state index is 6.62. The average Bonchev–Trinajstić information content (AvgIpc) is 2.97. The summed E-state index contributed by atoms with van der Waals surface area (Å²) in [5.41, 5.74) is 7.71. The van der Waals surface area contributed by atoms with Crippen LogP contribution >= 0.6 is 0 Å². The normalized spacial score (nSPS) is 11.9. The van der Waals surface area contributed by atoms with Crippen LogP contribution in [0.25, 0.3) is 10.8 Å². The second kappa shape index (κ2) is 15.1. The molecule has 0 aromatic heterocycles. The van der Waals surface area contributed by atoms with Crippen molar-refractivity contribution in [1.82, 2.24) is 0 Å². The third-order valence-electron chi connectivity index (χ3n) is 7.45. The summed E-state index contributed by atoms with van der Waals surface area (Å²) < 4.78 is 13.2. The standard InChI is InChI=1S/C39H44O2/c1-29(2)16-14-17-30(3)18-15-19-31(4)26-27-35-32(5)38(40-28-33-20-8-6-9-21-33)36-24-12-13-25-37(36)39(35)41-34-22-10-7-11-23-34/h6-13,16,18,20-26H,14-15,17,19,27-28H2,1-5H3/b30-18+,31-26+. The number of ether oxygens (including phenoxy) is 2. The summed E-state index contributed by atoms with van der Waals surface area (Å²) >= 11 is 0. The summed E-state index contributed by atoms with van der Waals surface area (Å²) in [6.07, 6.45) is 12.3. The van der Waals surface area contributed by atoms with E-state index < -0.39 is 0 Å². The van der Waals surface area contributed by atoms with Gasteiger partial charge in [0.1, 0.15) is 23.9 Å². The zero-order valence-electron chi connectivity index (χ0n) is 25.4. The first-order valence-electron chi connectivity index (χ1n) is 14.8. The van der Waals surface area contributed by atoms with Crippen molar-refractivity contribution in [3.63, 3.8) is 0 Å². The Morgan fingerprint density at radius 1 is 0.634 bits per heavy atom. The first-order valence-corrected chi connectivity index (χ1v) is 14.8. The molecular formula is C39H44O2. The minimum atomic E-state index is 0.526. The molecular weight excluding hydrogens is 500 g/mol. The lowest BCUT2D eigenvalue weighted by Crippen LogP contribution is -2.03. The van der Waals surface area contributed by atoms with Crippen LogP contribution in [-0.2, 0) is 13.0 Å². The number of para-hydroxylation sites is 1. The molecule has 0 spiro atoms. The molecule has 0 radical (unpaired) electrons. The molecule has 2 heteroatoms. The van der Waals surface area contributed by atoms with E-state index in [1.54, 1.807) is 0 Å². The molecule has 0 bridgehead atoms. The van der Waals surface area contributed by atoms with E-state index in [9.17, 15) is 0 Å². The summed E-state index contributed by atoms with van der Waals surface area (Å²) in [5.74, 6) is 2.68. The van der Waals surface area contributed by atoms with E-state index in [4.69, 9.17) is 9.47 Å². The second-order valence-corrected chi connectivity index (χ2v) is 11.2. The largest absolute Gasteiger partial charge is 0.488 e. The van der Waals surface area contributed by atoms with Crippen molar-refractivity contribution in [2.45, 2.75) is 73.3 Å². The van der Waals surface area contributed by atoms with Gasteiger partial charge >= 0.3 is 0 Å². The number of fused-ring (bicyclic) bond motifs is 1. The molecule has 4 aromatic rings. The van der Waals surface area contributed by atoms with Gasteiger partial charge in [-0.25, -0.2) is 0 Å². The smallest absolute Gasteiger partial charge is 0.139 e. The highest BCUT2D eigenvalue weighted by atomic mass is 16.5. The van der Waals surface area contributed by atoms with Crippen molar-refractivity contribution >= 4 is 10.8 Å². The second-order valence-electron chi connectivity index (χ2n) is 11.2. The average molecular weight is 545 g/mol. The SMILES string of the molecule is CC(C)=CCC/C(C)=C/CC/C(C)=C/Cc1c(C)c(OCc2ccccc2)c2ccccc2c1Oc1ccccc1. The number of hydrogen-bond acceptors (Lipinski definition) is 2. The Morgan fingerprint density at radius 3 is 1.85 bits per heavy atom. The van der Waals surface area contributed by atoms with Gasteiger partial charge in [0, 0.05) is 16.3 Å². The van der Waals surface area contributed by atoms with E-state index in [1.807, 2.05) is 36.4 Å². The summed E-state index contributed by atoms with van der Waals surface area (Å²) in [5, 5.41) is 2.14. The van der Waals surface area contributed by atoms with Crippen molar-refractivity contribution in [2.24, 2.45) is 0 Å². The molecule has 0 aliphatic carbocycles. The molecule has 4 rings (SSSR count). The molecule has 0 amide bonds. The molecule has 212 valence electrons. The molecule has 0 atom stereocenters. The van der Waals surface area contributed by atoms with Gasteiger partial charge in [0.15, 0.2) is 0 Å². The molecule has 0 saturated heterocycles. The summed E-state index contributed by atoms with van der Waals surface area (Å²) in [4.78, 5) is 0. The van der Waals surface area contributed by atoms with Crippen LogP contribution in [0.2, 0.25) is 0 Å². The van der Waals surface area contributed by atoms with Crippen LogP contribution < -0.4 is 9.47 Å². The van der Waals surface area contributed by atoms with Crippen LogP contribution in [0.4, 0.5) is 0 Å². The van der Waals surface area contributed by atoms with Crippen molar-refractivity contribution in [3.8, 4) is 17.2 Å². The van der Waals surface area contributed by atoms with E-state index in [2.05, 4.69) is 101 Å². The third-order valence-corrected chi connectivity index (χ3v) is 7.45. The Balaban J connectivity index is 1.62. The van der Waals surface area contributed by atoms with Crippen LogP contribution in [-0.4, -0.2) is 0 Å². The maximum absolute atomic E-state index is 6.62. The Labute approximate surface area is 247 Å². The Kier molecular flexibility index (Phi) is 11.0. The van der Waals surface area contributed by atoms with Gasteiger partial charge in [0.2, 0.25) is 0 Å². The number of hydrogen-bond donors (Lipinski definition) is 0. The third kappa shape index (κ3) is 8.72. The molecule has 0 aliphatic rings. The fourth-order valence-corrected chi connectivity index (χ4v) is 5.05. The first-order chi connectivity index (χ1) is 19.9. The lowest BCUT2D eigenvalue weighted by Gasteiger charge is -2.21. The molecule has 0 saturated carbocycles. The number of rotatable bonds is 13.